The van der Waals surface area contributed by atoms with Gasteiger partial charge < -0.3 is 9.84 Å². The lowest BCUT2D eigenvalue weighted by molar-refractivity contribution is -0.166. The summed E-state index contributed by atoms with van der Waals surface area (Å²) in [7, 11) is 0. The molecule has 0 aliphatic rings. The third kappa shape index (κ3) is 5.17. The van der Waals surface area contributed by atoms with Gasteiger partial charge in [0, 0.05) is 6.42 Å². The van der Waals surface area contributed by atoms with E-state index in [1.807, 2.05) is 0 Å². The van der Waals surface area contributed by atoms with Gasteiger partial charge >= 0.3 is 5.97 Å². The van der Waals surface area contributed by atoms with Crippen molar-refractivity contribution in [3.8, 4) is 0 Å². The van der Waals surface area contributed by atoms with Crippen molar-refractivity contribution in [2.45, 2.75) is 64.1 Å². The second kappa shape index (κ2) is 9.09. The fourth-order valence-electron chi connectivity index (χ4n) is 1.81. The molecule has 0 saturated carbocycles. The number of rotatable bonds is 10. The number of allylic oxidation sites excluding steroid dienone is 1. The number of aliphatic hydroxyl groups excluding tert-OH is 1. The van der Waals surface area contributed by atoms with Crippen molar-refractivity contribution in [2.75, 3.05) is 6.61 Å². The second-order valence-corrected chi connectivity index (χ2v) is 4.44. The molecule has 0 aromatic rings. The lowest BCUT2D eigenvalue weighted by Gasteiger charge is -2.27. The van der Waals surface area contributed by atoms with Gasteiger partial charge in [-0.15, -0.1) is 6.58 Å². The Bertz CT molecular complexity index is 255. The second-order valence-electron chi connectivity index (χ2n) is 4.44. The summed E-state index contributed by atoms with van der Waals surface area (Å²) in [4.78, 5) is 11.6. The minimum atomic E-state index is -2.36. The number of aliphatic hydroxyl groups is 1. The molecule has 0 amide bonds. The van der Waals surface area contributed by atoms with Crippen LogP contribution in [0.2, 0.25) is 0 Å². The Morgan fingerprint density at radius 2 is 2.11 bits per heavy atom. The monoisotopic (exact) mass is 260 g/mol. The van der Waals surface area contributed by atoms with Crippen molar-refractivity contribution in [3.63, 3.8) is 0 Å². The Morgan fingerprint density at radius 3 is 2.61 bits per heavy atom. The minimum absolute atomic E-state index is 0.101. The summed E-state index contributed by atoms with van der Waals surface area (Å²) in [5.74, 6) is -0.993. The number of hydrogen-bond acceptors (Lipinski definition) is 3. The van der Waals surface area contributed by atoms with Crippen molar-refractivity contribution in [1.29, 1.82) is 0 Å². The predicted octanol–water partition coefficient (Wildman–Crippen LogP) is 3.17. The van der Waals surface area contributed by atoms with E-state index in [1.165, 1.54) is 6.08 Å². The average Bonchev–Trinajstić information content (AvgIpc) is 2.34. The molecule has 0 rings (SSSR count). The van der Waals surface area contributed by atoms with E-state index in [1.54, 1.807) is 6.92 Å². The molecule has 4 heteroatoms. The molecule has 0 radical (unpaired) electrons. The fourth-order valence-corrected chi connectivity index (χ4v) is 1.81. The molecule has 0 bridgehead atoms. The highest BCUT2D eigenvalue weighted by Gasteiger charge is 2.45. The minimum Gasteiger partial charge on any atom is -0.464 e. The summed E-state index contributed by atoms with van der Waals surface area (Å²) < 4.78 is 19.2. The zero-order valence-corrected chi connectivity index (χ0v) is 11.5. The van der Waals surface area contributed by atoms with E-state index in [0.717, 1.165) is 19.3 Å². The number of halogens is 1. The van der Waals surface area contributed by atoms with Crippen LogP contribution in [-0.2, 0) is 9.53 Å². The van der Waals surface area contributed by atoms with Gasteiger partial charge in [-0.3, -0.25) is 0 Å². The Hall–Kier alpha value is -0.900. The van der Waals surface area contributed by atoms with Crippen LogP contribution in [0.3, 0.4) is 0 Å². The number of esters is 1. The van der Waals surface area contributed by atoms with Crippen LogP contribution in [0.5, 0.6) is 0 Å². The molecule has 0 fully saturated rings. The maximum atomic E-state index is 14.5. The fraction of sp³-hybridized carbons (Fsp3) is 0.786. The molecule has 0 saturated heterocycles. The smallest absolute Gasteiger partial charge is 0.346 e. The van der Waals surface area contributed by atoms with Crippen LogP contribution >= 0.6 is 0 Å². The van der Waals surface area contributed by atoms with E-state index in [4.69, 9.17) is 0 Å². The zero-order valence-electron chi connectivity index (χ0n) is 11.5. The number of carbonyl (C=O) groups is 1. The highest BCUT2D eigenvalue weighted by molar-refractivity contribution is 5.80. The molecule has 0 aliphatic carbocycles. The van der Waals surface area contributed by atoms with Crippen LogP contribution in [0.4, 0.5) is 4.39 Å². The van der Waals surface area contributed by atoms with E-state index < -0.39 is 17.7 Å². The van der Waals surface area contributed by atoms with Crippen LogP contribution < -0.4 is 0 Å². The molecule has 0 unspecified atom stereocenters. The van der Waals surface area contributed by atoms with E-state index in [9.17, 15) is 14.3 Å². The highest BCUT2D eigenvalue weighted by Crippen LogP contribution is 2.27. The van der Waals surface area contributed by atoms with Gasteiger partial charge in [0.2, 0.25) is 5.67 Å². The van der Waals surface area contributed by atoms with E-state index in [0.29, 0.717) is 6.42 Å². The summed E-state index contributed by atoms with van der Waals surface area (Å²) >= 11 is 0. The molecule has 18 heavy (non-hydrogen) atoms. The van der Waals surface area contributed by atoms with Crippen molar-refractivity contribution < 1.29 is 19.0 Å². The number of ether oxygens (including phenoxy) is 1. The first-order valence-corrected chi connectivity index (χ1v) is 6.68. The maximum Gasteiger partial charge on any atom is 0.346 e. The van der Waals surface area contributed by atoms with Gasteiger partial charge in [-0.25, -0.2) is 9.18 Å². The first kappa shape index (κ1) is 17.1. The van der Waals surface area contributed by atoms with E-state index >= 15 is 0 Å². The van der Waals surface area contributed by atoms with Gasteiger partial charge in [-0.05, 0) is 13.3 Å². The van der Waals surface area contributed by atoms with Gasteiger partial charge in [-0.2, -0.15) is 0 Å². The molecule has 0 aromatic heterocycles. The third-order valence-electron chi connectivity index (χ3n) is 2.92. The predicted molar refractivity (Wildman–Crippen MR) is 70.1 cm³/mol. The average molecular weight is 260 g/mol. The van der Waals surface area contributed by atoms with Crippen LogP contribution in [0.1, 0.15) is 52.4 Å². The zero-order chi connectivity index (χ0) is 14.0. The van der Waals surface area contributed by atoms with Gasteiger partial charge in [0.05, 0.1) is 12.7 Å². The van der Waals surface area contributed by atoms with Crippen LogP contribution in [0.15, 0.2) is 12.7 Å². The summed E-state index contributed by atoms with van der Waals surface area (Å²) in [6.45, 7) is 7.21. The molecular weight excluding hydrogens is 235 g/mol. The normalized spacial score (nSPS) is 15.8. The van der Waals surface area contributed by atoms with Crippen LogP contribution in [0, 0.1) is 0 Å². The van der Waals surface area contributed by atoms with Gasteiger partial charge in [0.15, 0.2) is 0 Å². The molecule has 1 N–H and O–H groups in total. The van der Waals surface area contributed by atoms with Crippen LogP contribution in [0.25, 0.3) is 0 Å². The van der Waals surface area contributed by atoms with Crippen molar-refractivity contribution in [1.82, 2.24) is 0 Å². The molecule has 3 nitrogen and oxygen atoms in total. The Kier molecular flexibility index (Phi) is 8.63. The Labute approximate surface area is 109 Å². The standard InChI is InChI=1S/C14H25FO3/c1-4-7-8-9-10-12(16)14(15,11-5-2)13(17)18-6-3/h5,12,16H,2,4,6-11H2,1,3H3/t12-,14+/m1/s1. The molecule has 2 atom stereocenters. The highest BCUT2D eigenvalue weighted by atomic mass is 19.1. The van der Waals surface area contributed by atoms with Crippen molar-refractivity contribution in [2.24, 2.45) is 0 Å². The van der Waals surface area contributed by atoms with Crippen LogP contribution in [-0.4, -0.2) is 29.5 Å². The Morgan fingerprint density at radius 1 is 1.44 bits per heavy atom. The lowest BCUT2D eigenvalue weighted by Crippen LogP contribution is -2.46. The first-order chi connectivity index (χ1) is 8.52. The molecule has 0 heterocycles. The van der Waals surface area contributed by atoms with Gasteiger partial charge in [0.1, 0.15) is 0 Å². The van der Waals surface area contributed by atoms with Gasteiger partial charge in [0.25, 0.3) is 0 Å². The number of hydrogen-bond donors (Lipinski definition) is 1. The SMILES string of the molecule is C=CC[C@@](F)(C(=O)OCC)[C@H](O)CCCCCC. The quantitative estimate of drug-likeness (QED) is 0.373. The van der Waals surface area contributed by atoms with Crippen molar-refractivity contribution >= 4 is 5.97 Å². The Balaban J connectivity index is 4.45. The maximum absolute atomic E-state index is 14.5. The lowest BCUT2D eigenvalue weighted by atomic mass is 9.91. The van der Waals surface area contributed by atoms with Gasteiger partial charge in [-0.1, -0.05) is 38.7 Å². The molecule has 106 valence electrons. The summed E-state index contributed by atoms with van der Waals surface area (Å²) in [5, 5.41) is 9.87. The first-order valence-electron chi connectivity index (χ1n) is 6.68. The molecule has 0 aliphatic heterocycles. The number of alkyl halides is 1. The topological polar surface area (TPSA) is 46.5 Å². The van der Waals surface area contributed by atoms with E-state index in [2.05, 4.69) is 18.2 Å². The largest absolute Gasteiger partial charge is 0.464 e. The summed E-state index contributed by atoms with van der Waals surface area (Å²) in [5.41, 5.74) is -2.36. The molecular formula is C14H25FO3. The van der Waals surface area contributed by atoms with E-state index in [-0.39, 0.29) is 19.4 Å². The number of carbonyl (C=O) groups excluding carboxylic acids is 1. The molecule has 0 spiro atoms. The third-order valence-corrected chi connectivity index (χ3v) is 2.92. The molecule has 0 aromatic carbocycles. The van der Waals surface area contributed by atoms with Crippen molar-refractivity contribution in [3.05, 3.63) is 12.7 Å². The summed E-state index contributed by atoms with van der Waals surface area (Å²) in [6.07, 6.45) is 3.77. The number of unbranched alkanes of at least 4 members (excludes halogenated alkanes) is 3. The summed E-state index contributed by atoms with van der Waals surface area (Å²) in [6, 6.07) is 0.